The van der Waals surface area contributed by atoms with Crippen LogP contribution >= 0.6 is 0 Å². The highest BCUT2D eigenvalue weighted by Gasteiger charge is 2.35. The Balaban J connectivity index is 1.40. The Kier molecular flexibility index (Phi) is 8.11. The van der Waals surface area contributed by atoms with E-state index in [0.717, 1.165) is 29.2 Å². The molecule has 1 amide bonds. The maximum absolute atomic E-state index is 12.6. The summed E-state index contributed by atoms with van der Waals surface area (Å²) in [5, 5.41) is 26.6. The van der Waals surface area contributed by atoms with Gasteiger partial charge >= 0.3 is 0 Å². The van der Waals surface area contributed by atoms with E-state index in [1.165, 1.54) is 28.7 Å². The molecule has 1 unspecified atom stereocenters. The number of benzene rings is 2. The van der Waals surface area contributed by atoms with Crippen LogP contribution in [0, 0.1) is 29.6 Å². The number of piperazine rings is 1. The second-order valence-electron chi connectivity index (χ2n) is 11.0. The lowest BCUT2D eigenvalue weighted by molar-refractivity contribution is -0.128. The van der Waals surface area contributed by atoms with Crippen molar-refractivity contribution in [1.82, 2.24) is 24.6 Å². The molecule has 6 rings (SSSR count). The van der Waals surface area contributed by atoms with Gasteiger partial charge in [-0.1, -0.05) is 36.9 Å². The number of hydrogen-bond donors (Lipinski definition) is 0. The van der Waals surface area contributed by atoms with Gasteiger partial charge in [0.2, 0.25) is 11.8 Å². The van der Waals surface area contributed by atoms with E-state index >= 15 is 0 Å². The molecule has 2 aliphatic rings. The standard InChI is InChI=1S/C33H33N9O2/c1-3-30(43)42-15-14-40(19-25(42)10-12-34)32-26-11-13-39(29-9-5-8-24-7-4-6-23(2)31(24)29)20-28(26)38-33(27(32)18-35)44-17-16-41-22-36-21-37-41/h3-9,21-22,25H,1,10-11,13-17,19-20H2,2H3. The quantitative estimate of drug-likeness (QED) is 0.283. The number of aryl methyl sites for hydroxylation is 1. The zero-order chi connectivity index (χ0) is 30.6. The van der Waals surface area contributed by atoms with Crippen molar-refractivity contribution in [3.8, 4) is 18.0 Å². The number of carbonyl (C=O) groups excluding carboxylic acids is 1. The molecule has 1 atom stereocenters. The lowest BCUT2D eigenvalue weighted by atomic mass is 9.95. The first-order chi connectivity index (χ1) is 21.5. The van der Waals surface area contributed by atoms with E-state index in [2.05, 4.69) is 81.9 Å². The minimum absolute atomic E-state index is 0.181. The van der Waals surface area contributed by atoms with Crippen LogP contribution in [0.15, 0.2) is 61.7 Å². The van der Waals surface area contributed by atoms with Gasteiger partial charge in [0.25, 0.3) is 0 Å². The summed E-state index contributed by atoms with van der Waals surface area (Å²) in [7, 11) is 0. The SMILES string of the molecule is C=CC(=O)N1CCN(c2c(C#N)c(OCCn3cncn3)nc3c2CCN(c2cccc4cccc(C)c24)C3)CC1CC#N. The van der Waals surface area contributed by atoms with Crippen molar-refractivity contribution >= 4 is 28.1 Å². The molecule has 0 radical (unpaired) electrons. The average Bonchev–Trinajstić information content (AvgIpc) is 3.57. The third-order valence-corrected chi connectivity index (χ3v) is 8.45. The normalized spacial score (nSPS) is 16.2. The highest BCUT2D eigenvalue weighted by atomic mass is 16.5. The molecule has 0 aliphatic carbocycles. The first kappa shape index (κ1) is 28.7. The van der Waals surface area contributed by atoms with E-state index in [0.29, 0.717) is 44.7 Å². The Morgan fingerprint density at radius 2 is 2.00 bits per heavy atom. The Morgan fingerprint density at radius 3 is 2.75 bits per heavy atom. The first-order valence-corrected chi connectivity index (χ1v) is 14.7. The Labute approximate surface area is 256 Å². The molecule has 4 aromatic rings. The average molecular weight is 588 g/mol. The summed E-state index contributed by atoms with van der Waals surface area (Å²) in [6, 6.07) is 17.0. The molecule has 0 bridgehead atoms. The van der Waals surface area contributed by atoms with Crippen LogP contribution in [0.2, 0.25) is 0 Å². The number of fused-ring (bicyclic) bond motifs is 2. The van der Waals surface area contributed by atoms with Crippen LogP contribution in [-0.2, 0) is 24.3 Å². The number of ether oxygens (including phenoxy) is 1. The topological polar surface area (TPSA) is 127 Å². The summed E-state index contributed by atoms with van der Waals surface area (Å²) < 4.78 is 7.85. The second-order valence-corrected chi connectivity index (χ2v) is 11.0. The van der Waals surface area contributed by atoms with E-state index in [1.807, 2.05) is 0 Å². The number of pyridine rings is 1. The third kappa shape index (κ3) is 5.40. The molecule has 222 valence electrons. The Morgan fingerprint density at radius 1 is 1.16 bits per heavy atom. The Bertz CT molecular complexity index is 1780. The van der Waals surface area contributed by atoms with Gasteiger partial charge in [-0.05, 0) is 36.4 Å². The molecular weight excluding hydrogens is 554 g/mol. The maximum Gasteiger partial charge on any atom is 0.246 e. The summed E-state index contributed by atoms with van der Waals surface area (Å²) in [6.45, 7) is 9.14. The number of amides is 1. The summed E-state index contributed by atoms with van der Waals surface area (Å²) in [6.07, 6.45) is 5.24. The van der Waals surface area contributed by atoms with Crippen molar-refractivity contribution in [3.05, 3.63) is 84.1 Å². The van der Waals surface area contributed by atoms with Crippen LogP contribution in [0.3, 0.4) is 0 Å². The number of rotatable bonds is 8. The molecule has 0 saturated carbocycles. The van der Waals surface area contributed by atoms with Gasteiger partial charge in [-0.15, -0.1) is 0 Å². The van der Waals surface area contributed by atoms with Gasteiger partial charge in [-0.2, -0.15) is 15.6 Å². The van der Waals surface area contributed by atoms with Crippen molar-refractivity contribution < 1.29 is 9.53 Å². The van der Waals surface area contributed by atoms with Crippen LogP contribution in [-0.4, -0.2) is 69.4 Å². The fraction of sp³-hybridized carbons (Fsp3) is 0.333. The van der Waals surface area contributed by atoms with Gasteiger partial charge in [0.05, 0.1) is 43.0 Å². The molecule has 4 heterocycles. The number of carbonyl (C=O) groups is 1. The molecule has 0 spiro atoms. The first-order valence-electron chi connectivity index (χ1n) is 14.7. The van der Waals surface area contributed by atoms with Crippen molar-refractivity contribution in [2.24, 2.45) is 0 Å². The molecule has 2 aliphatic heterocycles. The monoisotopic (exact) mass is 587 g/mol. The fourth-order valence-corrected chi connectivity index (χ4v) is 6.39. The number of nitriles is 2. The lowest BCUT2D eigenvalue weighted by Crippen LogP contribution is -2.55. The highest BCUT2D eigenvalue weighted by molar-refractivity contribution is 5.97. The van der Waals surface area contributed by atoms with Crippen molar-refractivity contribution in [1.29, 1.82) is 10.5 Å². The minimum Gasteiger partial charge on any atom is -0.475 e. The zero-order valence-electron chi connectivity index (χ0n) is 24.7. The smallest absolute Gasteiger partial charge is 0.246 e. The van der Waals surface area contributed by atoms with E-state index in [1.54, 1.807) is 15.9 Å². The van der Waals surface area contributed by atoms with E-state index in [9.17, 15) is 15.3 Å². The number of hydrogen-bond acceptors (Lipinski definition) is 9. The van der Waals surface area contributed by atoms with Gasteiger partial charge in [-0.3, -0.25) is 4.79 Å². The molecule has 1 saturated heterocycles. The fourth-order valence-electron chi connectivity index (χ4n) is 6.39. The molecule has 44 heavy (non-hydrogen) atoms. The zero-order valence-corrected chi connectivity index (χ0v) is 24.7. The summed E-state index contributed by atoms with van der Waals surface area (Å²) in [5.74, 6) is 0.0825. The summed E-state index contributed by atoms with van der Waals surface area (Å²) >= 11 is 0. The predicted octanol–water partition coefficient (Wildman–Crippen LogP) is 3.76. The van der Waals surface area contributed by atoms with Gasteiger partial charge in [-0.25, -0.2) is 14.6 Å². The molecule has 2 aromatic heterocycles. The van der Waals surface area contributed by atoms with E-state index in [-0.39, 0.29) is 30.9 Å². The van der Waals surface area contributed by atoms with Crippen molar-refractivity contribution in [3.63, 3.8) is 0 Å². The molecule has 2 aromatic carbocycles. The van der Waals surface area contributed by atoms with Crippen LogP contribution in [0.1, 0.15) is 28.8 Å². The molecule has 0 N–H and O–H groups in total. The molecule has 1 fully saturated rings. The second kappa shape index (κ2) is 12.4. The van der Waals surface area contributed by atoms with Crippen molar-refractivity contribution in [2.75, 3.05) is 42.6 Å². The van der Waals surface area contributed by atoms with Crippen LogP contribution in [0.5, 0.6) is 5.88 Å². The van der Waals surface area contributed by atoms with Gasteiger partial charge in [0.15, 0.2) is 0 Å². The van der Waals surface area contributed by atoms with Crippen molar-refractivity contribution in [2.45, 2.75) is 38.9 Å². The lowest BCUT2D eigenvalue weighted by Gasteiger charge is -2.43. The van der Waals surface area contributed by atoms with Crippen LogP contribution in [0.4, 0.5) is 11.4 Å². The van der Waals surface area contributed by atoms with Gasteiger partial charge in [0.1, 0.15) is 30.9 Å². The van der Waals surface area contributed by atoms with Gasteiger partial charge in [0, 0.05) is 42.8 Å². The molecular formula is C33H33N9O2. The maximum atomic E-state index is 12.6. The van der Waals surface area contributed by atoms with Crippen LogP contribution in [0.25, 0.3) is 10.8 Å². The number of nitrogens with zero attached hydrogens (tertiary/aromatic N) is 9. The minimum atomic E-state index is -0.329. The predicted molar refractivity (Wildman–Crippen MR) is 166 cm³/mol. The van der Waals surface area contributed by atoms with E-state index in [4.69, 9.17) is 9.72 Å². The Hall–Kier alpha value is -5.42. The number of aromatic nitrogens is 4. The third-order valence-electron chi connectivity index (χ3n) is 8.45. The highest BCUT2D eigenvalue weighted by Crippen LogP contribution is 2.40. The van der Waals surface area contributed by atoms with Crippen LogP contribution < -0.4 is 14.5 Å². The summed E-state index contributed by atoms with van der Waals surface area (Å²) in [5.41, 5.74) is 5.39. The summed E-state index contributed by atoms with van der Waals surface area (Å²) in [4.78, 5) is 27.7. The molecule has 11 heteroatoms. The molecule has 11 nitrogen and oxygen atoms in total. The van der Waals surface area contributed by atoms with E-state index < -0.39 is 0 Å². The van der Waals surface area contributed by atoms with Gasteiger partial charge < -0.3 is 19.4 Å². The number of anilines is 2. The largest absolute Gasteiger partial charge is 0.475 e.